The molecule has 0 unspecified atom stereocenters. The number of nitrogens with one attached hydrogen (secondary N) is 1. The predicted molar refractivity (Wildman–Crippen MR) is 107 cm³/mol. The van der Waals surface area contributed by atoms with Crippen LogP contribution >= 0.6 is 0 Å². The number of aliphatic hydroxyl groups is 1. The van der Waals surface area contributed by atoms with Gasteiger partial charge >= 0.3 is 0 Å². The number of hydrogen-bond donors (Lipinski definition) is 2. The molecule has 1 amide bonds. The summed E-state index contributed by atoms with van der Waals surface area (Å²) in [5.41, 5.74) is 4.41. The standard InChI is InChI=1S/C21H20N6O2/c1-26(12-17-11-20(24-22-17)15-6-3-2-4-7-15)21(29)16-8-5-9-19(10-16)27-13-18(14-28)23-25-27/h2-11,13,28H,12,14H2,1H3,(H,22,24). The molecule has 8 nitrogen and oxygen atoms in total. The van der Waals surface area contributed by atoms with Crippen molar-refractivity contribution in [1.82, 2.24) is 30.1 Å². The van der Waals surface area contributed by atoms with E-state index in [1.165, 1.54) is 4.68 Å². The van der Waals surface area contributed by atoms with Crippen LogP contribution in [-0.2, 0) is 13.2 Å². The van der Waals surface area contributed by atoms with E-state index in [9.17, 15) is 4.79 Å². The van der Waals surface area contributed by atoms with Crippen LogP contribution in [0.4, 0.5) is 0 Å². The Kier molecular flexibility index (Phi) is 5.17. The lowest BCUT2D eigenvalue weighted by Crippen LogP contribution is -2.26. The van der Waals surface area contributed by atoms with Crippen LogP contribution in [0, 0.1) is 0 Å². The molecule has 8 heteroatoms. The summed E-state index contributed by atoms with van der Waals surface area (Å²) < 4.78 is 1.53. The first kappa shape index (κ1) is 18.6. The predicted octanol–water partition coefficient (Wildman–Crippen LogP) is 2.42. The third-order valence-corrected chi connectivity index (χ3v) is 4.52. The summed E-state index contributed by atoms with van der Waals surface area (Å²) in [7, 11) is 1.75. The number of aliphatic hydroxyl groups excluding tert-OH is 1. The van der Waals surface area contributed by atoms with Crippen molar-refractivity contribution in [2.45, 2.75) is 13.2 Å². The van der Waals surface area contributed by atoms with Gasteiger partial charge in [0.2, 0.25) is 0 Å². The maximum absolute atomic E-state index is 12.9. The number of carbonyl (C=O) groups is 1. The van der Waals surface area contributed by atoms with Gasteiger partial charge in [0.05, 0.1) is 36.4 Å². The molecule has 0 aliphatic heterocycles. The van der Waals surface area contributed by atoms with Crippen molar-refractivity contribution in [1.29, 1.82) is 0 Å². The van der Waals surface area contributed by atoms with Crippen molar-refractivity contribution in [2.75, 3.05) is 7.05 Å². The molecule has 4 rings (SSSR count). The molecule has 4 aromatic rings. The van der Waals surface area contributed by atoms with E-state index in [-0.39, 0.29) is 12.5 Å². The third-order valence-electron chi connectivity index (χ3n) is 4.52. The second kappa shape index (κ2) is 8.07. The number of H-pyrrole nitrogens is 1. The van der Waals surface area contributed by atoms with E-state index in [0.717, 1.165) is 17.0 Å². The van der Waals surface area contributed by atoms with Crippen LogP contribution in [0.3, 0.4) is 0 Å². The van der Waals surface area contributed by atoms with Crippen LogP contribution in [-0.4, -0.2) is 48.2 Å². The molecule has 0 spiro atoms. The van der Waals surface area contributed by atoms with E-state index >= 15 is 0 Å². The second-order valence-corrected chi connectivity index (χ2v) is 6.67. The van der Waals surface area contributed by atoms with Crippen LogP contribution in [0.25, 0.3) is 16.9 Å². The average Bonchev–Trinajstić information content (AvgIpc) is 3.43. The molecule has 29 heavy (non-hydrogen) atoms. The Balaban J connectivity index is 1.48. The van der Waals surface area contributed by atoms with Crippen molar-refractivity contribution in [3.63, 3.8) is 0 Å². The maximum Gasteiger partial charge on any atom is 0.254 e. The van der Waals surface area contributed by atoms with Crippen molar-refractivity contribution in [2.24, 2.45) is 0 Å². The summed E-state index contributed by atoms with van der Waals surface area (Å²) in [6.45, 7) is 0.220. The lowest BCUT2D eigenvalue weighted by molar-refractivity contribution is 0.0783. The number of aromatic amines is 1. The van der Waals surface area contributed by atoms with E-state index < -0.39 is 0 Å². The van der Waals surface area contributed by atoms with Gasteiger partial charge in [-0.05, 0) is 24.3 Å². The molecule has 0 atom stereocenters. The minimum absolute atomic E-state index is 0.120. The summed E-state index contributed by atoms with van der Waals surface area (Å²) in [5.74, 6) is -0.120. The summed E-state index contributed by atoms with van der Waals surface area (Å²) in [4.78, 5) is 14.5. The Labute approximate surface area is 167 Å². The van der Waals surface area contributed by atoms with Gasteiger partial charge < -0.3 is 10.0 Å². The highest BCUT2D eigenvalue weighted by atomic mass is 16.3. The first-order valence-corrected chi connectivity index (χ1v) is 9.12. The van der Waals surface area contributed by atoms with Gasteiger partial charge in [-0.2, -0.15) is 5.10 Å². The van der Waals surface area contributed by atoms with Crippen molar-refractivity contribution >= 4 is 5.91 Å². The normalized spacial score (nSPS) is 10.8. The van der Waals surface area contributed by atoms with E-state index in [2.05, 4.69) is 20.5 Å². The van der Waals surface area contributed by atoms with Gasteiger partial charge in [0.1, 0.15) is 5.69 Å². The molecule has 2 aromatic heterocycles. The molecule has 0 radical (unpaired) electrons. The Hall–Kier alpha value is -3.78. The molecule has 146 valence electrons. The molecule has 0 saturated heterocycles. The lowest BCUT2D eigenvalue weighted by Gasteiger charge is -2.16. The number of nitrogens with zero attached hydrogens (tertiary/aromatic N) is 5. The minimum Gasteiger partial charge on any atom is -0.390 e. The van der Waals surface area contributed by atoms with E-state index in [1.807, 2.05) is 42.5 Å². The molecule has 2 aromatic carbocycles. The molecular weight excluding hydrogens is 368 g/mol. The first-order chi connectivity index (χ1) is 14.1. The molecule has 0 aliphatic carbocycles. The topological polar surface area (TPSA) is 99.9 Å². The smallest absolute Gasteiger partial charge is 0.254 e. The first-order valence-electron chi connectivity index (χ1n) is 9.12. The minimum atomic E-state index is -0.184. The summed E-state index contributed by atoms with van der Waals surface area (Å²) in [5, 5.41) is 24.3. The van der Waals surface area contributed by atoms with Gasteiger partial charge in [0.25, 0.3) is 5.91 Å². The largest absolute Gasteiger partial charge is 0.390 e. The fraction of sp³-hybridized carbons (Fsp3) is 0.143. The highest BCUT2D eigenvalue weighted by molar-refractivity contribution is 5.94. The Bertz CT molecular complexity index is 1120. The number of rotatable bonds is 6. The summed E-state index contributed by atoms with van der Waals surface area (Å²) in [6, 6.07) is 18.9. The van der Waals surface area contributed by atoms with Crippen LogP contribution in [0.15, 0.2) is 66.9 Å². The van der Waals surface area contributed by atoms with Gasteiger partial charge in [-0.1, -0.05) is 41.6 Å². The zero-order valence-electron chi connectivity index (χ0n) is 15.9. The van der Waals surface area contributed by atoms with E-state index in [0.29, 0.717) is 23.5 Å². The Morgan fingerprint density at radius 3 is 2.72 bits per heavy atom. The number of aromatic nitrogens is 5. The average molecular weight is 388 g/mol. The highest BCUT2D eigenvalue weighted by Crippen LogP contribution is 2.18. The zero-order valence-corrected chi connectivity index (χ0v) is 15.9. The molecule has 0 aliphatic rings. The number of benzene rings is 2. The maximum atomic E-state index is 12.9. The van der Waals surface area contributed by atoms with Crippen LogP contribution in [0.1, 0.15) is 21.7 Å². The fourth-order valence-corrected chi connectivity index (χ4v) is 3.03. The molecule has 2 N–H and O–H groups in total. The second-order valence-electron chi connectivity index (χ2n) is 6.67. The van der Waals surface area contributed by atoms with Gasteiger partial charge in [-0.25, -0.2) is 4.68 Å². The van der Waals surface area contributed by atoms with E-state index in [1.54, 1.807) is 36.3 Å². The van der Waals surface area contributed by atoms with Crippen LogP contribution in [0.5, 0.6) is 0 Å². The Morgan fingerprint density at radius 1 is 1.14 bits per heavy atom. The molecular formula is C21H20N6O2. The SMILES string of the molecule is CN(Cc1cc(-c2ccccc2)n[nH]1)C(=O)c1cccc(-n2cc(CO)nn2)c1. The van der Waals surface area contributed by atoms with Gasteiger partial charge in [-0.15, -0.1) is 5.10 Å². The van der Waals surface area contributed by atoms with Crippen molar-refractivity contribution in [3.8, 4) is 16.9 Å². The van der Waals surface area contributed by atoms with Crippen LogP contribution in [0.2, 0.25) is 0 Å². The Morgan fingerprint density at radius 2 is 1.97 bits per heavy atom. The summed E-state index contributed by atoms with van der Waals surface area (Å²) >= 11 is 0. The van der Waals surface area contributed by atoms with E-state index in [4.69, 9.17) is 5.11 Å². The highest BCUT2D eigenvalue weighted by Gasteiger charge is 2.15. The molecule has 2 heterocycles. The molecule has 0 saturated carbocycles. The zero-order chi connectivity index (χ0) is 20.2. The van der Waals surface area contributed by atoms with Gasteiger partial charge in [0, 0.05) is 18.2 Å². The van der Waals surface area contributed by atoms with Gasteiger partial charge in [-0.3, -0.25) is 9.89 Å². The molecule has 0 fully saturated rings. The number of carbonyl (C=O) groups excluding carboxylic acids is 1. The van der Waals surface area contributed by atoms with Crippen molar-refractivity contribution in [3.05, 3.63) is 83.8 Å². The fourth-order valence-electron chi connectivity index (χ4n) is 3.03. The lowest BCUT2D eigenvalue weighted by atomic mass is 10.1. The quantitative estimate of drug-likeness (QED) is 0.528. The third kappa shape index (κ3) is 4.07. The van der Waals surface area contributed by atoms with Crippen LogP contribution < -0.4 is 0 Å². The van der Waals surface area contributed by atoms with Crippen molar-refractivity contribution < 1.29 is 9.90 Å². The number of amides is 1. The summed E-state index contributed by atoms with van der Waals surface area (Å²) in [6.07, 6.45) is 1.63. The number of hydrogen-bond acceptors (Lipinski definition) is 5. The monoisotopic (exact) mass is 388 g/mol. The van der Waals surface area contributed by atoms with Gasteiger partial charge in [0.15, 0.2) is 0 Å². The molecule has 0 bridgehead atoms.